The molecule has 0 aromatic rings. The number of esters is 1. The molecule has 5 heteroatoms. The van der Waals surface area contributed by atoms with Crippen LogP contribution in [0.15, 0.2) is 12.2 Å². The number of allylic oxidation sites excluding steroid dienone is 1. The van der Waals surface area contributed by atoms with E-state index in [1.807, 2.05) is 13.8 Å². The van der Waals surface area contributed by atoms with Crippen LogP contribution in [0.4, 0.5) is 0 Å². The van der Waals surface area contributed by atoms with Crippen LogP contribution in [0.5, 0.6) is 0 Å². The van der Waals surface area contributed by atoms with Crippen LogP contribution in [0.25, 0.3) is 0 Å². The van der Waals surface area contributed by atoms with Gasteiger partial charge < -0.3 is 19.8 Å². The Morgan fingerprint density at radius 3 is 1.36 bits per heavy atom. The van der Waals surface area contributed by atoms with E-state index in [1.54, 1.807) is 0 Å². The van der Waals surface area contributed by atoms with E-state index in [1.165, 1.54) is 173 Å². The highest BCUT2D eigenvalue weighted by Crippen LogP contribution is 2.28. The first-order chi connectivity index (χ1) is 28.4. The van der Waals surface area contributed by atoms with Crippen LogP contribution in [0, 0.1) is 11.8 Å². The lowest BCUT2D eigenvalue weighted by Gasteiger charge is -2.25. The van der Waals surface area contributed by atoms with Crippen molar-refractivity contribution in [2.24, 2.45) is 11.8 Å². The van der Waals surface area contributed by atoms with Crippen LogP contribution in [-0.2, 0) is 9.53 Å². The van der Waals surface area contributed by atoms with Crippen molar-refractivity contribution in [3.63, 3.8) is 0 Å². The SMILES string of the molecule is C=C(CCCCCCCN(CCCCCO)CC(O)CCCCOC(=O)C(CCCCCC)CCCCCCCC)C(CCCCCC)CCCCCCCC.CC. The molecule has 0 aromatic heterocycles. The molecule has 0 fully saturated rings. The first-order valence-corrected chi connectivity index (χ1v) is 26.3. The molecule has 0 aromatic carbocycles. The van der Waals surface area contributed by atoms with E-state index >= 15 is 0 Å². The second kappa shape index (κ2) is 48.8. The van der Waals surface area contributed by atoms with Crippen molar-refractivity contribution in [1.82, 2.24) is 4.90 Å². The molecule has 0 radical (unpaired) electrons. The smallest absolute Gasteiger partial charge is 0.308 e. The van der Waals surface area contributed by atoms with Crippen molar-refractivity contribution in [3.05, 3.63) is 12.2 Å². The Morgan fingerprint density at radius 2 is 0.879 bits per heavy atom. The molecule has 0 saturated heterocycles. The van der Waals surface area contributed by atoms with Crippen LogP contribution in [-0.4, -0.2) is 60.0 Å². The van der Waals surface area contributed by atoms with E-state index in [4.69, 9.17) is 4.74 Å². The van der Waals surface area contributed by atoms with Gasteiger partial charge in [-0.1, -0.05) is 201 Å². The summed E-state index contributed by atoms with van der Waals surface area (Å²) in [4.78, 5) is 15.5. The minimum atomic E-state index is -0.347. The van der Waals surface area contributed by atoms with Gasteiger partial charge in [-0.2, -0.15) is 0 Å². The first-order valence-electron chi connectivity index (χ1n) is 26.3. The fourth-order valence-electron chi connectivity index (χ4n) is 8.41. The summed E-state index contributed by atoms with van der Waals surface area (Å²) in [6, 6.07) is 0. The Bertz CT molecular complexity index is 818. The average molecular weight is 822 g/mol. The minimum absolute atomic E-state index is 0.0140. The van der Waals surface area contributed by atoms with Crippen LogP contribution >= 0.6 is 0 Å². The maximum Gasteiger partial charge on any atom is 0.308 e. The predicted octanol–water partition coefficient (Wildman–Crippen LogP) is 16.1. The summed E-state index contributed by atoms with van der Waals surface area (Å²) in [5, 5.41) is 20.3. The molecule has 58 heavy (non-hydrogen) atoms. The lowest BCUT2D eigenvalue weighted by molar-refractivity contribution is -0.149. The Morgan fingerprint density at radius 1 is 0.500 bits per heavy atom. The number of hydrogen-bond donors (Lipinski definition) is 2. The molecule has 0 heterocycles. The number of aliphatic hydroxyl groups is 2. The van der Waals surface area contributed by atoms with Crippen molar-refractivity contribution >= 4 is 5.97 Å². The molecule has 348 valence electrons. The average Bonchev–Trinajstić information content (AvgIpc) is 3.23. The number of unbranched alkanes of at least 4 members (excludes halogenated alkanes) is 23. The molecule has 0 rings (SSSR count). The van der Waals surface area contributed by atoms with Gasteiger partial charge in [0.05, 0.1) is 18.6 Å². The second-order valence-electron chi connectivity index (χ2n) is 17.8. The monoisotopic (exact) mass is 822 g/mol. The van der Waals surface area contributed by atoms with E-state index < -0.39 is 0 Å². The molecule has 3 atom stereocenters. The number of carbonyl (C=O) groups excluding carboxylic acids is 1. The van der Waals surface area contributed by atoms with Crippen LogP contribution in [0.2, 0.25) is 0 Å². The molecule has 0 aliphatic heterocycles. The molecule has 0 amide bonds. The zero-order valence-corrected chi connectivity index (χ0v) is 40.6. The van der Waals surface area contributed by atoms with Crippen LogP contribution in [0.1, 0.15) is 273 Å². The van der Waals surface area contributed by atoms with Crippen molar-refractivity contribution in [2.45, 2.75) is 279 Å². The molecular weight excluding hydrogens is 715 g/mol. The topological polar surface area (TPSA) is 70.0 Å². The number of aliphatic hydroxyl groups excluding tert-OH is 2. The third-order valence-corrected chi connectivity index (χ3v) is 12.3. The number of ether oxygens (including phenoxy) is 1. The summed E-state index contributed by atoms with van der Waals surface area (Å²) >= 11 is 0. The van der Waals surface area contributed by atoms with Crippen molar-refractivity contribution in [3.8, 4) is 0 Å². The highest BCUT2D eigenvalue weighted by atomic mass is 16.5. The van der Waals surface area contributed by atoms with Gasteiger partial charge in [0.25, 0.3) is 0 Å². The normalized spacial score (nSPS) is 13.0. The van der Waals surface area contributed by atoms with Crippen molar-refractivity contribution < 1.29 is 19.7 Å². The highest BCUT2D eigenvalue weighted by Gasteiger charge is 2.20. The standard InChI is InChI=1S/C51H101NO4.C2H6/c1-6-10-14-18-22-29-38-48(37-27-16-12-8-3)47(5)36-26-21-20-24-32-42-52(43-33-25-34-44-53)46-50(54)41-31-35-45-56-51(55)49(39-28-17-13-9-4)40-30-23-19-15-11-7-2;1-2/h48-50,53-54H,5-46H2,1-4H3;1-2H3. The number of carbonyl (C=O) groups is 1. The predicted molar refractivity (Wildman–Crippen MR) is 257 cm³/mol. The van der Waals surface area contributed by atoms with Crippen LogP contribution in [0.3, 0.4) is 0 Å². The molecule has 0 aliphatic rings. The van der Waals surface area contributed by atoms with Crippen LogP contribution < -0.4 is 0 Å². The van der Waals surface area contributed by atoms with Gasteiger partial charge in [-0.15, -0.1) is 0 Å². The van der Waals surface area contributed by atoms with Gasteiger partial charge in [0.1, 0.15) is 0 Å². The fourth-order valence-corrected chi connectivity index (χ4v) is 8.41. The van der Waals surface area contributed by atoms with Gasteiger partial charge in [-0.25, -0.2) is 0 Å². The van der Waals surface area contributed by atoms with E-state index in [-0.39, 0.29) is 24.6 Å². The molecule has 5 nitrogen and oxygen atoms in total. The molecule has 0 spiro atoms. The Labute approximate surface area is 365 Å². The quantitative estimate of drug-likeness (QED) is 0.0364. The molecule has 3 unspecified atom stereocenters. The van der Waals surface area contributed by atoms with E-state index in [2.05, 4.69) is 39.2 Å². The minimum Gasteiger partial charge on any atom is -0.465 e. The Kier molecular flexibility index (Phi) is 49.7. The first kappa shape index (κ1) is 59.2. The maximum atomic E-state index is 13.0. The summed E-state index contributed by atoms with van der Waals surface area (Å²) in [7, 11) is 0. The summed E-state index contributed by atoms with van der Waals surface area (Å²) in [5.41, 5.74) is 1.53. The summed E-state index contributed by atoms with van der Waals surface area (Å²) < 4.78 is 5.81. The van der Waals surface area contributed by atoms with Gasteiger partial charge >= 0.3 is 5.97 Å². The summed E-state index contributed by atoms with van der Waals surface area (Å²) in [6.07, 6.45) is 43.3. The van der Waals surface area contributed by atoms with Gasteiger partial charge in [-0.05, 0) is 102 Å². The molecule has 0 aliphatic carbocycles. The zero-order valence-electron chi connectivity index (χ0n) is 40.6. The molecule has 0 saturated carbocycles. The number of hydrogen-bond acceptors (Lipinski definition) is 5. The van der Waals surface area contributed by atoms with Gasteiger partial charge in [0.2, 0.25) is 0 Å². The van der Waals surface area contributed by atoms with E-state index in [0.29, 0.717) is 6.61 Å². The van der Waals surface area contributed by atoms with Crippen molar-refractivity contribution in [2.75, 3.05) is 32.8 Å². The highest BCUT2D eigenvalue weighted by molar-refractivity contribution is 5.72. The molecule has 0 bridgehead atoms. The lowest BCUT2D eigenvalue weighted by Crippen LogP contribution is -2.34. The van der Waals surface area contributed by atoms with E-state index in [0.717, 1.165) is 89.8 Å². The molecular formula is C53H107NO4. The third kappa shape index (κ3) is 40.5. The largest absolute Gasteiger partial charge is 0.465 e. The molecule has 2 N–H and O–H groups in total. The second-order valence-corrected chi connectivity index (χ2v) is 17.8. The summed E-state index contributed by atoms with van der Waals surface area (Å²) in [6.45, 7) is 21.2. The van der Waals surface area contributed by atoms with Crippen molar-refractivity contribution in [1.29, 1.82) is 0 Å². The van der Waals surface area contributed by atoms with E-state index in [9.17, 15) is 15.0 Å². The van der Waals surface area contributed by atoms with Gasteiger partial charge in [0.15, 0.2) is 0 Å². The third-order valence-electron chi connectivity index (χ3n) is 12.3. The summed E-state index contributed by atoms with van der Waals surface area (Å²) in [5.74, 6) is 0.802. The fraction of sp³-hybridized carbons (Fsp3) is 0.943. The Hall–Kier alpha value is -0.910. The zero-order chi connectivity index (χ0) is 43.2. The number of rotatable bonds is 46. The number of nitrogens with zero attached hydrogens (tertiary/aromatic N) is 1. The maximum absolute atomic E-state index is 13.0. The van der Waals surface area contributed by atoms with Gasteiger partial charge in [-0.3, -0.25) is 4.79 Å². The lowest BCUT2D eigenvalue weighted by atomic mass is 9.86. The van der Waals surface area contributed by atoms with Gasteiger partial charge in [0, 0.05) is 13.2 Å². The Balaban J connectivity index is 0.